The van der Waals surface area contributed by atoms with Gasteiger partial charge in [-0.3, -0.25) is 4.57 Å². The molecule has 0 amide bonds. The Hall–Kier alpha value is -0.910. The molecule has 3 nitrogen and oxygen atoms in total. The van der Waals surface area contributed by atoms with Gasteiger partial charge in [-0.2, -0.15) is 0 Å². The normalized spacial score (nSPS) is 11.9. The van der Waals surface area contributed by atoms with Crippen LogP contribution in [0.4, 0.5) is 17.6 Å². The van der Waals surface area contributed by atoms with Gasteiger partial charge in [0, 0.05) is 5.56 Å². The summed E-state index contributed by atoms with van der Waals surface area (Å²) in [4.78, 5) is 17.0. The Morgan fingerprint density at radius 2 is 1.27 bits per heavy atom. The van der Waals surface area contributed by atoms with Crippen LogP contribution in [0.15, 0.2) is 0 Å². The topological polar surface area (TPSA) is 57.5 Å². The number of rotatable bonds is 1. The van der Waals surface area contributed by atoms with Gasteiger partial charge < -0.3 is 9.79 Å². The summed E-state index contributed by atoms with van der Waals surface area (Å²) in [6.45, 7) is 0.750. The Balaban J connectivity index is 3.76. The van der Waals surface area contributed by atoms with Gasteiger partial charge in [-0.15, -0.1) is 0 Å². The molecule has 0 heterocycles. The predicted octanol–water partition coefficient (Wildman–Crippen LogP) is 1.35. The van der Waals surface area contributed by atoms with E-state index in [0.717, 1.165) is 6.92 Å². The summed E-state index contributed by atoms with van der Waals surface area (Å²) < 4.78 is 62.1. The second kappa shape index (κ2) is 3.59. The summed E-state index contributed by atoms with van der Waals surface area (Å²) in [5.41, 5.74) is -0.970. The first-order valence-corrected chi connectivity index (χ1v) is 5.17. The average molecular weight is 244 g/mol. The fraction of sp³-hybridized carbons (Fsp3) is 0.143. The molecule has 1 rings (SSSR count). The van der Waals surface area contributed by atoms with Crippen molar-refractivity contribution in [3.8, 4) is 0 Å². The predicted molar refractivity (Wildman–Crippen MR) is 42.7 cm³/mol. The zero-order chi connectivity index (χ0) is 12.0. The van der Waals surface area contributed by atoms with Crippen LogP contribution >= 0.6 is 7.60 Å². The van der Waals surface area contributed by atoms with E-state index in [0.29, 0.717) is 0 Å². The molecule has 8 heteroatoms. The molecule has 0 fully saturated rings. The minimum Gasteiger partial charge on any atom is -0.321 e. The van der Waals surface area contributed by atoms with Crippen LogP contribution < -0.4 is 5.30 Å². The minimum absolute atomic E-state index is 0.750. The van der Waals surface area contributed by atoms with Gasteiger partial charge in [0.05, 0.1) is 0 Å². The van der Waals surface area contributed by atoms with Crippen LogP contribution in [0.3, 0.4) is 0 Å². The molecule has 0 bridgehead atoms. The molecule has 2 N–H and O–H groups in total. The average Bonchev–Trinajstić information content (AvgIpc) is 2.09. The van der Waals surface area contributed by atoms with Crippen LogP contribution in [0.5, 0.6) is 0 Å². The maximum atomic E-state index is 12.9. The van der Waals surface area contributed by atoms with E-state index in [1.54, 1.807) is 0 Å². The first-order valence-electron chi connectivity index (χ1n) is 3.56. The maximum absolute atomic E-state index is 12.9. The van der Waals surface area contributed by atoms with Gasteiger partial charge in [-0.1, -0.05) is 0 Å². The summed E-state index contributed by atoms with van der Waals surface area (Å²) >= 11 is 0. The first kappa shape index (κ1) is 12.2. The van der Waals surface area contributed by atoms with Gasteiger partial charge in [0.1, 0.15) is 5.30 Å². The van der Waals surface area contributed by atoms with E-state index < -0.39 is 41.7 Å². The Morgan fingerprint density at radius 3 is 1.53 bits per heavy atom. The molecule has 0 atom stereocenters. The van der Waals surface area contributed by atoms with Crippen molar-refractivity contribution in [2.75, 3.05) is 0 Å². The van der Waals surface area contributed by atoms with Crippen molar-refractivity contribution in [1.82, 2.24) is 0 Å². The third-order valence-corrected chi connectivity index (χ3v) is 2.73. The maximum Gasteiger partial charge on any atom is 0.362 e. The van der Waals surface area contributed by atoms with E-state index in [-0.39, 0.29) is 0 Å². The van der Waals surface area contributed by atoms with Crippen LogP contribution in [0.1, 0.15) is 5.56 Å². The van der Waals surface area contributed by atoms with Crippen molar-refractivity contribution in [1.29, 1.82) is 0 Å². The number of hydrogen-bond acceptors (Lipinski definition) is 1. The molecule has 0 saturated carbocycles. The highest BCUT2D eigenvalue weighted by Gasteiger charge is 2.33. The number of hydrogen-bond donors (Lipinski definition) is 2. The molecule has 0 radical (unpaired) electrons. The SMILES string of the molecule is Cc1c(F)c(F)c(P(=O)(O)O)c(F)c1F. The summed E-state index contributed by atoms with van der Waals surface area (Å²) in [6, 6.07) is 0. The van der Waals surface area contributed by atoms with Crippen molar-refractivity contribution < 1.29 is 31.9 Å². The number of halogens is 4. The van der Waals surface area contributed by atoms with Crippen LogP contribution in [0.25, 0.3) is 0 Å². The molecule has 0 saturated heterocycles. The first-order chi connectivity index (χ1) is 6.68. The van der Waals surface area contributed by atoms with Gasteiger partial charge in [0.15, 0.2) is 23.3 Å². The molecule has 1 aromatic carbocycles. The molecule has 0 unspecified atom stereocenters. The van der Waals surface area contributed by atoms with E-state index in [9.17, 15) is 22.1 Å². The molecular formula is C7H5F4O3P. The van der Waals surface area contributed by atoms with Crippen LogP contribution in [0, 0.1) is 30.2 Å². The number of benzene rings is 1. The van der Waals surface area contributed by atoms with E-state index in [1.165, 1.54) is 0 Å². The van der Waals surface area contributed by atoms with Crippen molar-refractivity contribution in [2.24, 2.45) is 0 Å². The van der Waals surface area contributed by atoms with Crippen molar-refractivity contribution in [2.45, 2.75) is 6.92 Å². The Labute approximate surface area is 81.5 Å². The summed E-state index contributed by atoms with van der Waals surface area (Å²) in [6.07, 6.45) is 0. The molecular weight excluding hydrogens is 239 g/mol. The standard InChI is InChI=1S/C7H5F4O3P/c1-2-3(8)5(10)7(15(12,13)14)6(11)4(2)9/h1H3,(H2,12,13,14). The fourth-order valence-corrected chi connectivity index (χ4v) is 1.69. The van der Waals surface area contributed by atoms with Crippen molar-refractivity contribution in [3.63, 3.8) is 0 Å². The van der Waals surface area contributed by atoms with Gasteiger partial charge in [-0.25, -0.2) is 17.6 Å². The van der Waals surface area contributed by atoms with E-state index in [4.69, 9.17) is 9.79 Å². The Bertz CT molecular complexity index is 439. The Morgan fingerprint density at radius 1 is 0.933 bits per heavy atom. The molecule has 84 valence electrons. The molecule has 0 aromatic heterocycles. The second-order valence-corrected chi connectivity index (χ2v) is 4.31. The van der Waals surface area contributed by atoms with Crippen molar-refractivity contribution >= 4 is 12.9 Å². The minimum atomic E-state index is -5.40. The highest BCUT2D eigenvalue weighted by Crippen LogP contribution is 2.37. The van der Waals surface area contributed by atoms with Gasteiger partial charge in [0.2, 0.25) is 0 Å². The molecule has 0 aliphatic rings. The summed E-state index contributed by atoms with van der Waals surface area (Å²) in [5, 5.41) is -1.89. The highest BCUT2D eigenvalue weighted by molar-refractivity contribution is 7.60. The van der Waals surface area contributed by atoms with E-state index >= 15 is 0 Å². The molecule has 1 aromatic rings. The summed E-state index contributed by atoms with van der Waals surface area (Å²) in [5.74, 6) is -7.76. The molecule has 15 heavy (non-hydrogen) atoms. The van der Waals surface area contributed by atoms with E-state index in [1.807, 2.05) is 0 Å². The zero-order valence-electron chi connectivity index (χ0n) is 7.26. The monoisotopic (exact) mass is 244 g/mol. The van der Waals surface area contributed by atoms with Crippen molar-refractivity contribution in [3.05, 3.63) is 28.8 Å². The summed E-state index contributed by atoms with van der Waals surface area (Å²) in [7, 11) is -5.40. The molecule has 0 spiro atoms. The third kappa shape index (κ3) is 1.90. The lowest BCUT2D eigenvalue weighted by molar-refractivity contribution is 0.378. The van der Waals surface area contributed by atoms with E-state index in [2.05, 4.69) is 0 Å². The molecule has 0 aliphatic carbocycles. The lowest BCUT2D eigenvalue weighted by atomic mass is 10.2. The van der Waals surface area contributed by atoms with Crippen LogP contribution in [-0.4, -0.2) is 9.79 Å². The lowest BCUT2D eigenvalue weighted by Gasteiger charge is -2.10. The van der Waals surface area contributed by atoms with Gasteiger partial charge in [0.25, 0.3) is 0 Å². The quantitative estimate of drug-likeness (QED) is 0.445. The smallest absolute Gasteiger partial charge is 0.321 e. The second-order valence-electron chi connectivity index (χ2n) is 2.77. The lowest BCUT2D eigenvalue weighted by Crippen LogP contribution is -2.20. The third-order valence-electron chi connectivity index (χ3n) is 1.75. The Kier molecular flexibility index (Phi) is 2.91. The molecule has 0 aliphatic heterocycles. The van der Waals surface area contributed by atoms with Gasteiger partial charge >= 0.3 is 7.60 Å². The zero-order valence-corrected chi connectivity index (χ0v) is 8.16. The highest BCUT2D eigenvalue weighted by atomic mass is 31.2. The van der Waals surface area contributed by atoms with Crippen LogP contribution in [-0.2, 0) is 4.57 Å². The van der Waals surface area contributed by atoms with Gasteiger partial charge in [-0.05, 0) is 6.92 Å². The fourth-order valence-electron chi connectivity index (χ4n) is 0.986. The van der Waals surface area contributed by atoms with Crippen LogP contribution in [0.2, 0.25) is 0 Å². The largest absolute Gasteiger partial charge is 0.362 e.